The van der Waals surface area contributed by atoms with Crippen LogP contribution in [-0.4, -0.2) is 54.0 Å². The fourth-order valence-corrected chi connectivity index (χ4v) is 2.24. The second-order valence-corrected chi connectivity index (χ2v) is 5.86. The van der Waals surface area contributed by atoms with Crippen LogP contribution in [0.2, 0.25) is 0 Å². The highest BCUT2D eigenvalue weighted by Gasteiger charge is 2.10. The second kappa shape index (κ2) is 12.0. The first-order chi connectivity index (χ1) is 11.1. The Morgan fingerprint density at radius 1 is 1.24 bits per heavy atom. The molecule has 2 rings (SSSR count). The summed E-state index contributed by atoms with van der Waals surface area (Å²) < 4.78 is 6.82. The highest BCUT2D eigenvalue weighted by molar-refractivity contribution is 5.96. The van der Waals surface area contributed by atoms with Crippen molar-refractivity contribution >= 4 is 41.8 Å². The van der Waals surface area contributed by atoms with E-state index >= 15 is 0 Å². The van der Waals surface area contributed by atoms with E-state index in [0.29, 0.717) is 31.2 Å². The molecule has 2 aromatic heterocycles. The minimum atomic E-state index is -0.121. The lowest BCUT2D eigenvalue weighted by Gasteiger charge is -2.07. The summed E-state index contributed by atoms with van der Waals surface area (Å²) in [5.41, 5.74) is 1.37. The van der Waals surface area contributed by atoms with Gasteiger partial charge >= 0.3 is 0 Å². The molecule has 2 aromatic rings. The Balaban J connectivity index is 0.00000288. The van der Waals surface area contributed by atoms with Crippen LogP contribution in [0.3, 0.4) is 0 Å². The van der Waals surface area contributed by atoms with Crippen LogP contribution in [0.15, 0.2) is 18.5 Å². The molecule has 142 valence electrons. The molecule has 0 fully saturated rings. The minimum absolute atomic E-state index is 0. The van der Waals surface area contributed by atoms with Crippen LogP contribution in [0.1, 0.15) is 24.2 Å². The number of nitrogens with one attached hydrogen (secondary N) is 2. The molecule has 0 unspecified atom stereocenters. The molecule has 25 heavy (non-hydrogen) atoms. The topological polar surface area (TPSA) is 81.1 Å². The van der Waals surface area contributed by atoms with Gasteiger partial charge in [0.15, 0.2) is 5.65 Å². The normalized spacial score (nSPS) is 10.4. The van der Waals surface area contributed by atoms with Crippen LogP contribution in [0.5, 0.6) is 0 Å². The first kappa shape index (κ1) is 23.6. The number of aromatic nitrogens is 3. The van der Waals surface area contributed by atoms with Crippen molar-refractivity contribution in [3.8, 4) is 0 Å². The number of fused-ring (bicyclic) bond motifs is 1. The fraction of sp³-hybridized carbons (Fsp3) is 0.562. The van der Waals surface area contributed by atoms with Crippen molar-refractivity contribution in [2.75, 3.05) is 33.4 Å². The zero-order valence-electron chi connectivity index (χ0n) is 14.8. The van der Waals surface area contributed by atoms with E-state index in [0.717, 1.165) is 24.1 Å². The highest BCUT2D eigenvalue weighted by Crippen LogP contribution is 2.14. The van der Waals surface area contributed by atoms with E-state index in [1.165, 1.54) is 0 Å². The van der Waals surface area contributed by atoms with Gasteiger partial charge in [0.2, 0.25) is 0 Å². The van der Waals surface area contributed by atoms with Crippen molar-refractivity contribution in [3.05, 3.63) is 24.0 Å². The Morgan fingerprint density at radius 2 is 2.00 bits per heavy atom. The molecule has 9 heteroatoms. The molecule has 0 aliphatic heterocycles. The first-order valence-corrected chi connectivity index (χ1v) is 7.91. The molecule has 0 aliphatic rings. The standard InChI is InChI=1S/C16H25N5O2.2ClH/c1-12(2)11-21-15-13(10-20-21)8-14(9-19-15)16(22)18-5-4-17-6-7-23-3;;/h8-10,12,17H,4-7,11H2,1-3H3,(H,18,22);2*1H. The van der Waals surface area contributed by atoms with Gasteiger partial charge in [-0.25, -0.2) is 9.67 Å². The molecular weight excluding hydrogens is 365 g/mol. The molecule has 0 aromatic carbocycles. The number of methoxy groups -OCH3 is 1. The quantitative estimate of drug-likeness (QED) is 0.637. The van der Waals surface area contributed by atoms with E-state index in [1.54, 1.807) is 19.5 Å². The van der Waals surface area contributed by atoms with Gasteiger partial charge in [-0.3, -0.25) is 4.79 Å². The largest absolute Gasteiger partial charge is 0.383 e. The Bertz CT molecular complexity index is 648. The van der Waals surface area contributed by atoms with Gasteiger partial charge in [0.1, 0.15) is 0 Å². The Hall–Kier alpha value is -1.41. The molecule has 0 radical (unpaired) electrons. The van der Waals surface area contributed by atoms with Gasteiger partial charge in [0.05, 0.1) is 18.4 Å². The van der Waals surface area contributed by atoms with Crippen LogP contribution < -0.4 is 10.6 Å². The number of rotatable bonds is 9. The van der Waals surface area contributed by atoms with Crippen molar-refractivity contribution < 1.29 is 9.53 Å². The van der Waals surface area contributed by atoms with Crippen LogP contribution in [0.4, 0.5) is 0 Å². The predicted molar refractivity (Wildman–Crippen MR) is 104 cm³/mol. The summed E-state index contributed by atoms with van der Waals surface area (Å²) in [5.74, 6) is 0.373. The number of pyridine rings is 1. The molecule has 0 aliphatic carbocycles. The predicted octanol–water partition coefficient (Wildman–Crippen LogP) is 1.90. The van der Waals surface area contributed by atoms with Crippen molar-refractivity contribution in [1.82, 2.24) is 25.4 Å². The lowest BCUT2D eigenvalue weighted by atomic mass is 10.2. The molecule has 1 amide bonds. The van der Waals surface area contributed by atoms with Gasteiger partial charge in [-0.15, -0.1) is 24.8 Å². The Morgan fingerprint density at radius 3 is 2.68 bits per heavy atom. The zero-order valence-corrected chi connectivity index (χ0v) is 16.5. The van der Waals surface area contributed by atoms with E-state index < -0.39 is 0 Å². The molecule has 2 heterocycles. The molecule has 0 saturated heterocycles. The van der Waals surface area contributed by atoms with Gasteiger partial charge in [-0.05, 0) is 12.0 Å². The van der Waals surface area contributed by atoms with Crippen molar-refractivity contribution in [2.24, 2.45) is 5.92 Å². The summed E-state index contributed by atoms with van der Waals surface area (Å²) in [7, 11) is 1.66. The van der Waals surface area contributed by atoms with E-state index in [-0.39, 0.29) is 30.7 Å². The number of amides is 1. The number of carbonyl (C=O) groups excluding carboxylic acids is 1. The third kappa shape index (κ3) is 7.15. The van der Waals surface area contributed by atoms with Gasteiger partial charge in [0.25, 0.3) is 5.91 Å². The third-order valence-electron chi connectivity index (χ3n) is 3.35. The summed E-state index contributed by atoms with van der Waals surface area (Å²) in [6.45, 7) is 7.79. The Kier molecular flexibility index (Phi) is 11.3. The van der Waals surface area contributed by atoms with E-state index in [1.807, 2.05) is 10.7 Å². The molecule has 0 spiro atoms. The lowest BCUT2D eigenvalue weighted by Crippen LogP contribution is -2.33. The summed E-state index contributed by atoms with van der Waals surface area (Å²) in [5, 5.41) is 11.3. The van der Waals surface area contributed by atoms with Gasteiger partial charge < -0.3 is 15.4 Å². The van der Waals surface area contributed by atoms with Gasteiger partial charge in [-0.2, -0.15) is 5.10 Å². The number of ether oxygens (including phenoxy) is 1. The SMILES string of the molecule is COCCNCCNC(=O)c1cnc2c(cnn2CC(C)C)c1.Cl.Cl. The fourth-order valence-electron chi connectivity index (χ4n) is 2.24. The number of carbonyl (C=O) groups is 1. The molecule has 0 saturated carbocycles. The average Bonchev–Trinajstić information content (AvgIpc) is 2.92. The summed E-state index contributed by atoms with van der Waals surface area (Å²) in [6, 6.07) is 1.83. The van der Waals surface area contributed by atoms with Crippen LogP contribution in [0.25, 0.3) is 11.0 Å². The van der Waals surface area contributed by atoms with E-state index in [2.05, 4.69) is 34.6 Å². The summed E-state index contributed by atoms with van der Waals surface area (Å²) >= 11 is 0. The maximum atomic E-state index is 12.1. The maximum absolute atomic E-state index is 12.1. The monoisotopic (exact) mass is 391 g/mol. The molecular formula is C16H27Cl2N5O2. The van der Waals surface area contributed by atoms with Crippen LogP contribution in [-0.2, 0) is 11.3 Å². The maximum Gasteiger partial charge on any atom is 0.252 e. The molecule has 0 bridgehead atoms. The third-order valence-corrected chi connectivity index (χ3v) is 3.35. The average molecular weight is 392 g/mol. The zero-order chi connectivity index (χ0) is 16.7. The van der Waals surface area contributed by atoms with E-state index in [4.69, 9.17) is 4.74 Å². The number of halogens is 2. The van der Waals surface area contributed by atoms with Crippen molar-refractivity contribution in [2.45, 2.75) is 20.4 Å². The first-order valence-electron chi connectivity index (χ1n) is 7.91. The summed E-state index contributed by atoms with van der Waals surface area (Å²) in [6.07, 6.45) is 3.36. The van der Waals surface area contributed by atoms with Crippen LogP contribution in [0, 0.1) is 5.92 Å². The Labute approximate surface area is 160 Å². The highest BCUT2D eigenvalue weighted by atomic mass is 35.5. The van der Waals surface area contributed by atoms with Gasteiger partial charge in [0, 0.05) is 44.9 Å². The molecule has 7 nitrogen and oxygen atoms in total. The minimum Gasteiger partial charge on any atom is -0.383 e. The van der Waals surface area contributed by atoms with Crippen LogP contribution >= 0.6 is 24.8 Å². The van der Waals surface area contributed by atoms with Crippen molar-refractivity contribution in [3.63, 3.8) is 0 Å². The number of hydrogen-bond donors (Lipinski definition) is 2. The van der Waals surface area contributed by atoms with E-state index in [9.17, 15) is 4.79 Å². The number of hydrogen-bond acceptors (Lipinski definition) is 5. The van der Waals surface area contributed by atoms with Crippen molar-refractivity contribution in [1.29, 1.82) is 0 Å². The van der Waals surface area contributed by atoms with Gasteiger partial charge in [-0.1, -0.05) is 13.8 Å². The lowest BCUT2D eigenvalue weighted by molar-refractivity contribution is 0.0953. The second-order valence-electron chi connectivity index (χ2n) is 5.86. The smallest absolute Gasteiger partial charge is 0.252 e. The molecule has 0 atom stereocenters. The molecule has 2 N–H and O–H groups in total. The summed E-state index contributed by atoms with van der Waals surface area (Å²) in [4.78, 5) is 16.5. The number of nitrogens with zero attached hydrogens (tertiary/aromatic N) is 3.